The molecule has 2 aromatic carbocycles. The number of rotatable bonds is 5. The predicted molar refractivity (Wildman–Crippen MR) is 131 cm³/mol. The Kier molecular flexibility index (Phi) is 7.25. The van der Waals surface area contributed by atoms with E-state index >= 15 is 4.39 Å². The van der Waals surface area contributed by atoms with Crippen molar-refractivity contribution in [3.8, 4) is 5.75 Å². The molecule has 0 bridgehead atoms. The van der Waals surface area contributed by atoms with Gasteiger partial charge in [-0.25, -0.2) is 4.39 Å². The molecule has 1 aliphatic rings. The molecule has 32 heavy (non-hydrogen) atoms. The van der Waals surface area contributed by atoms with Gasteiger partial charge in [-0.3, -0.25) is 4.79 Å². The fourth-order valence-corrected chi connectivity index (χ4v) is 4.35. The second kappa shape index (κ2) is 9.74. The SMILES string of the molecule is CC1=C(/C=C/C(C)=C(\F)c2ccc(C(=O)Nc3ccc(O)cc3)cc2Cl)C(C)(C)CCC1. The van der Waals surface area contributed by atoms with Gasteiger partial charge in [0.25, 0.3) is 5.91 Å². The van der Waals surface area contributed by atoms with Crippen LogP contribution in [0.2, 0.25) is 5.02 Å². The van der Waals surface area contributed by atoms with Gasteiger partial charge in [0.05, 0.1) is 5.02 Å². The van der Waals surface area contributed by atoms with E-state index in [-0.39, 0.29) is 27.7 Å². The van der Waals surface area contributed by atoms with E-state index in [1.54, 1.807) is 25.1 Å². The van der Waals surface area contributed by atoms with Crippen LogP contribution >= 0.6 is 11.6 Å². The summed E-state index contributed by atoms with van der Waals surface area (Å²) >= 11 is 6.33. The fourth-order valence-electron chi connectivity index (χ4n) is 4.09. The number of anilines is 1. The van der Waals surface area contributed by atoms with Crippen molar-refractivity contribution in [2.45, 2.75) is 47.0 Å². The topological polar surface area (TPSA) is 49.3 Å². The number of carbonyl (C=O) groups is 1. The summed E-state index contributed by atoms with van der Waals surface area (Å²) in [5, 5.41) is 12.2. The van der Waals surface area contributed by atoms with Crippen LogP contribution in [0.1, 0.15) is 62.9 Å². The Hall–Kier alpha value is -2.85. The number of benzene rings is 2. The third-order valence-electron chi connectivity index (χ3n) is 5.98. The number of hydrogen-bond acceptors (Lipinski definition) is 2. The minimum absolute atomic E-state index is 0.0831. The molecule has 2 N–H and O–H groups in total. The van der Waals surface area contributed by atoms with E-state index in [4.69, 9.17) is 11.6 Å². The van der Waals surface area contributed by atoms with E-state index in [2.05, 4.69) is 26.1 Å². The number of nitrogens with one attached hydrogen (secondary N) is 1. The minimum atomic E-state index is -0.413. The average molecular weight is 454 g/mol. The molecule has 3 nitrogen and oxygen atoms in total. The zero-order chi connectivity index (χ0) is 23.5. The average Bonchev–Trinajstić information content (AvgIpc) is 2.73. The Morgan fingerprint density at radius 3 is 2.50 bits per heavy atom. The van der Waals surface area contributed by atoms with Crippen LogP contribution < -0.4 is 5.32 Å². The molecule has 0 saturated heterocycles. The molecule has 1 amide bonds. The summed E-state index contributed by atoms with van der Waals surface area (Å²) in [4.78, 5) is 12.5. The van der Waals surface area contributed by atoms with Crippen molar-refractivity contribution in [2.75, 3.05) is 5.32 Å². The summed E-state index contributed by atoms with van der Waals surface area (Å²) in [6.07, 6.45) is 7.21. The first-order valence-corrected chi connectivity index (χ1v) is 11.1. The molecule has 0 aromatic heterocycles. The fraction of sp³-hybridized carbons (Fsp3) is 0.296. The largest absolute Gasteiger partial charge is 0.508 e. The van der Waals surface area contributed by atoms with Gasteiger partial charge in [-0.05, 0) is 92.1 Å². The number of hydrogen-bond donors (Lipinski definition) is 2. The van der Waals surface area contributed by atoms with E-state index in [0.717, 1.165) is 12.8 Å². The lowest BCUT2D eigenvalue weighted by atomic mass is 9.72. The lowest BCUT2D eigenvalue weighted by molar-refractivity contribution is 0.102. The summed E-state index contributed by atoms with van der Waals surface area (Å²) in [7, 11) is 0. The van der Waals surface area contributed by atoms with Crippen molar-refractivity contribution in [1.29, 1.82) is 0 Å². The first-order valence-electron chi connectivity index (χ1n) is 10.7. The molecular weight excluding hydrogens is 425 g/mol. The molecule has 3 rings (SSSR count). The molecule has 0 unspecified atom stereocenters. The number of allylic oxidation sites excluding steroid dienone is 5. The van der Waals surface area contributed by atoms with Crippen molar-refractivity contribution >= 4 is 29.0 Å². The molecule has 0 atom stereocenters. The lowest BCUT2D eigenvalue weighted by Crippen LogP contribution is -2.19. The lowest BCUT2D eigenvalue weighted by Gasteiger charge is -2.33. The molecule has 0 aliphatic heterocycles. The Morgan fingerprint density at radius 2 is 1.88 bits per heavy atom. The molecule has 1 aliphatic carbocycles. The Balaban J connectivity index is 1.80. The van der Waals surface area contributed by atoms with E-state index in [1.807, 2.05) is 12.2 Å². The first-order chi connectivity index (χ1) is 15.1. The van der Waals surface area contributed by atoms with Crippen molar-refractivity contribution in [3.63, 3.8) is 0 Å². The first kappa shape index (κ1) is 23.8. The van der Waals surface area contributed by atoms with Crippen molar-refractivity contribution < 1.29 is 14.3 Å². The third kappa shape index (κ3) is 5.49. The van der Waals surface area contributed by atoms with Gasteiger partial charge >= 0.3 is 0 Å². The highest BCUT2D eigenvalue weighted by Gasteiger charge is 2.26. The maximum absolute atomic E-state index is 15.2. The molecule has 0 heterocycles. The normalized spacial score (nSPS) is 16.8. The van der Waals surface area contributed by atoms with E-state index in [1.165, 1.54) is 41.8 Å². The molecule has 0 spiro atoms. The molecule has 0 radical (unpaired) electrons. The summed E-state index contributed by atoms with van der Waals surface area (Å²) in [6, 6.07) is 10.7. The Labute approximate surface area is 194 Å². The van der Waals surface area contributed by atoms with Crippen LogP contribution in [0.15, 0.2) is 71.3 Å². The highest BCUT2D eigenvalue weighted by atomic mass is 35.5. The van der Waals surface area contributed by atoms with Gasteiger partial charge in [0.1, 0.15) is 11.6 Å². The second-order valence-electron chi connectivity index (χ2n) is 8.96. The number of phenols is 1. The van der Waals surface area contributed by atoms with E-state index in [0.29, 0.717) is 16.8 Å². The summed E-state index contributed by atoms with van der Waals surface area (Å²) in [5.41, 5.74) is 4.29. The maximum Gasteiger partial charge on any atom is 0.255 e. The highest BCUT2D eigenvalue weighted by Crippen LogP contribution is 2.41. The smallest absolute Gasteiger partial charge is 0.255 e. The van der Waals surface area contributed by atoms with E-state index < -0.39 is 5.83 Å². The molecule has 0 fully saturated rings. The summed E-state index contributed by atoms with van der Waals surface area (Å²) < 4.78 is 15.2. The molecular formula is C27H29ClFNO2. The van der Waals surface area contributed by atoms with Gasteiger partial charge < -0.3 is 10.4 Å². The van der Waals surface area contributed by atoms with Crippen molar-refractivity contribution in [3.05, 3.63) is 87.5 Å². The van der Waals surface area contributed by atoms with Crippen molar-refractivity contribution in [1.82, 2.24) is 0 Å². The maximum atomic E-state index is 15.2. The van der Waals surface area contributed by atoms with Gasteiger partial charge in [0.15, 0.2) is 0 Å². The van der Waals surface area contributed by atoms with Crippen LogP contribution in [0.25, 0.3) is 5.83 Å². The number of carbonyl (C=O) groups excluding carboxylic acids is 1. The zero-order valence-electron chi connectivity index (χ0n) is 18.9. The van der Waals surface area contributed by atoms with Gasteiger partial charge in [0.2, 0.25) is 0 Å². The van der Waals surface area contributed by atoms with Crippen LogP contribution in [0.4, 0.5) is 10.1 Å². The van der Waals surface area contributed by atoms with E-state index in [9.17, 15) is 9.90 Å². The highest BCUT2D eigenvalue weighted by molar-refractivity contribution is 6.32. The Bertz CT molecular complexity index is 1110. The summed E-state index contributed by atoms with van der Waals surface area (Å²) in [6.45, 7) is 8.32. The monoisotopic (exact) mass is 453 g/mol. The van der Waals surface area contributed by atoms with Gasteiger partial charge in [0, 0.05) is 16.8 Å². The second-order valence-corrected chi connectivity index (χ2v) is 9.36. The minimum Gasteiger partial charge on any atom is -0.508 e. The van der Waals surface area contributed by atoms with Crippen LogP contribution in [-0.2, 0) is 0 Å². The zero-order valence-corrected chi connectivity index (χ0v) is 19.7. The van der Waals surface area contributed by atoms with Crippen LogP contribution in [-0.4, -0.2) is 11.0 Å². The molecule has 2 aromatic rings. The Morgan fingerprint density at radius 1 is 1.19 bits per heavy atom. The molecule has 168 valence electrons. The molecule has 5 heteroatoms. The number of amides is 1. The van der Waals surface area contributed by atoms with Crippen LogP contribution in [0, 0.1) is 5.41 Å². The van der Waals surface area contributed by atoms with Gasteiger partial charge in [-0.15, -0.1) is 0 Å². The quantitative estimate of drug-likeness (QED) is 0.355. The predicted octanol–water partition coefficient (Wildman–Crippen LogP) is 8.08. The van der Waals surface area contributed by atoms with Crippen LogP contribution in [0.5, 0.6) is 5.75 Å². The van der Waals surface area contributed by atoms with Crippen LogP contribution in [0.3, 0.4) is 0 Å². The number of aromatic hydroxyl groups is 1. The van der Waals surface area contributed by atoms with Gasteiger partial charge in [-0.1, -0.05) is 43.2 Å². The summed E-state index contributed by atoms with van der Waals surface area (Å²) in [5.74, 6) is -0.670. The standard InChI is InChI=1S/C27H29ClFNO2/c1-17-6-5-15-27(3,4)23(17)14-7-18(2)25(29)22-13-8-19(16-24(22)28)26(32)30-20-9-11-21(31)12-10-20/h7-14,16,31H,5-6,15H2,1-4H3,(H,30,32)/b14-7+,25-18-. The number of phenolic OH excluding ortho intramolecular Hbond substituents is 1. The van der Waals surface area contributed by atoms with Gasteiger partial charge in [-0.2, -0.15) is 0 Å². The number of halogens is 2. The molecule has 0 saturated carbocycles. The van der Waals surface area contributed by atoms with Crippen molar-refractivity contribution in [2.24, 2.45) is 5.41 Å². The third-order valence-corrected chi connectivity index (χ3v) is 6.29.